The molecule has 0 saturated carbocycles. The van der Waals surface area contributed by atoms with Crippen molar-refractivity contribution in [1.82, 2.24) is 4.98 Å². The fourth-order valence-corrected chi connectivity index (χ4v) is 4.46. The summed E-state index contributed by atoms with van der Waals surface area (Å²) >= 11 is 4.52. The van der Waals surface area contributed by atoms with Gasteiger partial charge in [-0.05, 0) is 115 Å². The van der Waals surface area contributed by atoms with Crippen LogP contribution in [0.25, 0.3) is 0 Å². The molecule has 1 aliphatic rings. The summed E-state index contributed by atoms with van der Waals surface area (Å²) in [4.78, 5) is 27.4. The van der Waals surface area contributed by atoms with Gasteiger partial charge in [0.25, 0.3) is 0 Å². The molecule has 0 aliphatic heterocycles. The second-order valence-electron chi connectivity index (χ2n) is 16.9. The molecule has 0 atom stereocenters. The molecule has 0 spiro atoms. The van der Waals surface area contributed by atoms with E-state index in [4.69, 9.17) is 14.8 Å². The van der Waals surface area contributed by atoms with Crippen molar-refractivity contribution in [3.8, 4) is 0 Å². The van der Waals surface area contributed by atoms with Crippen molar-refractivity contribution in [3.05, 3.63) is 53.3 Å². The molecule has 1 aliphatic carbocycles. The molecule has 340 valence electrons. The number of carbonyl (C=O) groups excluding carboxylic acids is 1. The zero-order valence-corrected chi connectivity index (χ0v) is 43.0. The number of anilines is 1. The van der Waals surface area contributed by atoms with Crippen molar-refractivity contribution in [3.63, 3.8) is 0 Å². The molecule has 6 heteroatoms. The average molecular weight is 830 g/mol. The number of nitrogens with one attached hydrogen (secondary N) is 1. The van der Waals surface area contributed by atoms with Crippen LogP contribution >= 0.6 is 12.6 Å². The number of fused-ring (bicyclic) bond motifs is 1. The second kappa shape index (κ2) is 40.2. The first kappa shape index (κ1) is 62.5. The van der Waals surface area contributed by atoms with Gasteiger partial charge in [0.2, 0.25) is 0 Å². The lowest BCUT2D eigenvalue weighted by Gasteiger charge is -2.36. The van der Waals surface area contributed by atoms with E-state index in [1.54, 1.807) is 0 Å². The number of rotatable bonds is 16. The Bertz CT molecular complexity index is 1220. The molecule has 0 amide bonds. The Kier molecular flexibility index (Phi) is 43.3. The van der Waals surface area contributed by atoms with Gasteiger partial charge in [-0.15, -0.1) is 0 Å². The monoisotopic (exact) mass is 830 g/mol. The summed E-state index contributed by atoms with van der Waals surface area (Å²) in [7, 11) is 0. The van der Waals surface area contributed by atoms with E-state index in [2.05, 4.69) is 100 Å². The Morgan fingerprint density at radius 3 is 1.67 bits per heavy atom. The molecule has 1 heterocycles. The number of pyridine rings is 1. The lowest BCUT2D eigenvalue weighted by molar-refractivity contribution is -0.113. The predicted molar refractivity (Wildman–Crippen MR) is 268 cm³/mol. The van der Waals surface area contributed by atoms with E-state index < -0.39 is 0 Å². The average Bonchev–Trinajstić information content (AvgIpc) is 3.20. The van der Waals surface area contributed by atoms with Gasteiger partial charge < -0.3 is 0 Å². The van der Waals surface area contributed by atoms with Crippen LogP contribution in [0.4, 0.5) is 11.4 Å². The van der Waals surface area contributed by atoms with Gasteiger partial charge >= 0.3 is 0 Å². The summed E-state index contributed by atoms with van der Waals surface area (Å²) in [6.07, 6.45) is 18.4. The van der Waals surface area contributed by atoms with Gasteiger partial charge in [-0.25, -0.2) is 4.99 Å². The molecule has 3 rings (SSSR count). The summed E-state index contributed by atoms with van der Waals surface area (Å²) in [6, 6.07) is 12.0. The van der Waals surface area contributed by atoms with Crippen molar-refractivity contribution >= 4 is 35.5 Å². The number of benzene rings is 1. The van der Waals surface area contributed by atoms with E-state index in [1.165, 1.54) is 69.0 Å². The van der Waals surface area contributed by atoms with Gasteiger partial charge in [-0.1, -0.05) is 166 Å². The Morgan fingerprint density at radius 2 is 1.28 bits per heavy atom. The number of hydrogen-bond donors (Lipinski definition) is 2. The Balaban J connectivity index is -0.000000348. The standard InChI is InChI=1S/C19H28N2O.C12H19NOS.C6H14.C5H12.2C4H10.C2H6/c1-4-6-11-17(19(22)9-5-2)21-18-13-15-10-7-8-12-16(15)20-14(18)3;1-11(2,12(3,4)15)14-13-10-8-6-5-7-9-10;1-4-6(3)5-2;1-3-5-4-2;1-4(2)3;1-3-4-2;1-2/h13H,4-12H2,1-3H3;5-9,13,15H,1-4H3;6H,4-5H2,1-3H3;3-5H2,1-2H3;4H,1-3H3;3-4H2,1-2H3;1-2H3. The number of aromatic nitrogens is 1. The summed E-state index contributed by atoms with van der Waals surface area (Å²) in [5.74, 6) is 1.97. The van der Waals surface area contributed by atoms with E-state index in [1.807, 2.05) is 85.7 Å². The number of para-hydroxylation sites is 1. The molecule has 0 fully saturated rings. The van der Waals surface area contributed by atoms with E-state index >= 15 is 0 Å². The smallest absolute Gasteiger partial charge is 0.177 e. The van der Waals surface area contributed by atoms with Gasteiger partial charge in [-0.3, -0.25) is 20.1 Å². The topological polar surface area (TPSA) is 63.6 Å². The zero-order valence-electron chi connectivity index (χ0n) is 42.1. The summed E-state index contributed by atoms with van der Waals surface area (Å²) < 4.78 is -0.214. The van der Waals surface area contributed by atoms with Crippen LogP contribution in [0.1, 0.15) is 231 Å². The highest BCUT2D eigenvalue weighted by atomic mass is 32.1. The number of ketones is 1. The number of aryl methyl sites for hydroxylation is 3. The van der Waals surface area contributed by atoms with Crippen LogP contribution in [-0.4, -0.2) is 26.8 Å². The maximum atomic E-state index is 12.3. The number of thiol groups is 1. The van der Waals surface area contributed by atoms with Crippen molar-refractivity contribution in [2.45, 2.75) is 245 Å². The minimum Gasteiger partial charge on any atom is -0.293 e. The number of nitrogens with zero attached hydrogens (tertiary/aromatic N) is 2. The fourth-order valence-electron chi connectivity index (χ4n) is 4.42. The Morgan fingerprint density at radius 1 is 0.776 bits per heavy atom. The third kappa shape index (κ3) is 34.7. The quantitative estimate of drug-likeness (QED) is 0.100. The van der Waals surface area contributed by atoms with Crippen molar-refractivity contribution in [2.75, 3.05) is 5.48 Å². The molecule has 0 bridgehead atoms. The van der Waals surface area contributed by atoms with E-state index in [0.717, 1.165) is 73.1 Å². The first-order valence-corrected chi connectivity index (χ1v) is 24.1. The van der Waals surface area contributed by atoms with Crippen LogP contribution in [0.5, 0.6) is 0 Å². The maximum absolute atomic E-state index is 12.3. The molecule has 0 radical (unpaired) electrons. The molecule has 5 nitrogen and oxygen atoms in total. The van der Waals surface area contributed by atoms with Gasteiger partial charge in [0.15, 0.2) is 5.78 Å². The largest absolute Gasteiger partial charge is 0.293 e. The van der Waals surface area contributed by atoms with Crippen molar-refractivity contribution < 1.29 is 9.63 Å². The number of unbranched alkanes of at least 4 members (excludes halogenated alkanes) is 4. The highest BCUT2D eigenvalue weighted by molar-refractivity contribution is 7.81. The van der Waals surface area contributed by atoms with Crippen LogP contribution in [0.2, 0.25) is 0 Å². The molecule has 1 aromatic carbocycles. The predicted octanol–water partition coefficient (Wildman–Crippen LogP) is 17.6. The number of aliphatic imine (C=N–C) groups is 1. The lowest BCUT2D eigenvalue weighted by atomic mass is 9.94. The van der Waals surface area contributed by atoms with E-state index in [0.29, 0.717) is 6.42 Å². The molecular weight excluding hydrogens is 731 g/mol. The molecule has 1 aromatic heterocycles. The van der Waals surface area contributed by atoms with Crippen molar-refractivity contribution in [2.24, 2.45) is 16.8 Å². The van der Waals surface area contributed by atoms with Gasteiger partial charge in [0.1, 0.15) is 5.60 Å². The number of hydrogen-bond acceptors (Lipinski definition) is 6. The van der Waals surface area contributed by atoms with Crippen LogP contribution < -0.4 is 5.48 Å². The second-order valence-corrected chi connectivity index (χ2v) is 18.0. The van der Waals surface area contributed by atoms with E-state index in [-0.39, 0.29) is 16.1 Å². The molecule has 0 saturated heterocycles. The fraction of sp³-hybridized carbons (Fsp3) is 0.750. The first-order valence-electron chi connectivity index (χ1n) is 23.7. The normalized spacial score (nSPS) is 11.9. The van der Waals surface area contributed by atoms with Crippen LogP contribution in [0.15, 0.2) is 41.4 Å². The molecule has 0 unspecified atom stereocenters. The summed E-state index contributed by atoms with van der Waals surface area (Å²) in [6.45, 7) is 40.3. The summed E-state index contributed by atoms with van der Waals surface area (Å²) in [5.41, 5.74) is 8.69. The highest BCUT2D eigenvalue weighted by Gasteiger charge is 2.35. The van der Waals surface area contributed by atoms with Gasteiger partial charge in [-0.2, -0.15) is 12.6 Å². The minimum atomic E-state index is -0.355. The van der Waals surface area contributed by atoms with Crippen molar-refractivity contribution in [1.29, 1.82) is 0 Å². The lowest BCUT2D eigenvalue weighted by Crippen LogP contribution is -2.44. The first-order chi connectivity index (χ1) is 27.3. The van der Waals surface area contributed by atoms with Crippen LogP contribution in [-0.2, 0) is 22.5 Å². The molecule has 58 heavy (non-hydrogen) atoms. The number of Topliss-reactive ketones (excluding diaryl/α,β-unsaturated/α-hetero) is 1. The third-order valence-corrected chi connectivity index (χ3v) is 10.1. The maximum Gasteiger partial charge on any atom is 0.177 e. The van der Waals surface area contributed by atoms with Crippen LogP contribution in [0, 0.1) is 18.8 Å². The molecule has 1 N–H and O–H groups in total. The van der Waals surface area contributed by atoms with Gasteiger partial charge in [0.05, 0.1) is 22.8 Å². The molecule has 2 aromatic rings. The Hall–Kier alpha value is -2.18. The Labute approximate surface area is 369 Å². The SMILES string of the molecule is CC.CC(C)(S)C(C)(C)ONc1ccccc1.CC(C)C.CCC(C)CC.CCCC.CCCCC.CCCCC(=Nc1cc2c(nc1C)CCCC2)C(=O)CCC. The highest BCUT2D eigenvalue weighted by Crippen LogP contribution is 2.31. The van der Waals surface area contributed by atoms with Crippen LogP contribution in [0.3, 0.4) is 0 Å². The number of carbonyl (C=O) groups is 1. The summed E-state index contributed by atoms with van der Waals surface area (Å²) in [5, 5.41) is 0. The molecular formula is C52H99N3O2S. The third-order valence-electron chi connectivity index (χ3n) is 9.56. The zero-order chi connectivity index (χ0) is 45.6. The van der Waals surface area contributed by atoms with E-state index in [9.17, 15) is 4.79 Å². The van der Waals surface area contributed by atoms with Gasteiger partial charge in [0, 0.05) is 16.9 Å². The minimum absolute atomic E-state index is 0.202.